The van der Waals surface area contributed by atoms with E-state index >= 15 is 0 Å². The highest BCUT2D eigenvalue weighted by Gasteiger charge is 2.24. The average molecular weight is 411 g/mol. The molecule has 0 bridgehead atoms. The van der Waals surface area contributed by atoms with E-state index in [-0.39, 0.29) is 17.9 Å². The Kier molecular flexibility index (Phi) is 5.20. The van der Waals surface area contributed by atoms with Crippen molar-refractivity contribution in [2.75, 3.05) is 5.32 Å². The molecule has 0 fully saturated rings. The number of fused-ring (bicyclic) bond motifs is 1. The molecule has 3 aromatic rings. The summed E-state index contributed by atoms with van der Waals surface area (Å²) in [5, 5.41) is 3.80. The maximum atomic E-state index is 12.7. The Bertz CT molecular complexity index is 990. The third kappa shape index (κ3) is 3.83. The molecule has 2 aromatic carbocycles. The summed E-state index contributed by atoms with van der Waals surface area (Å²) in [5.41, 5.74) is 1.99. The van der Waals surface area contributed by atoms with Gasteiger partial charge in [-0.3, -0.25) is 4.79 Å². The Balaban J connectivity index is 1.94. The minimum absolute atomic E-state index is 0.115. The number of carbonyl (C=O) groups excluding carboxylic acids is 1. The molecule has 1 amide bonds. The first kappa shape index (κ1) is 19.0. The van der Waals surface area contributed by atoms with Gasteiger partial charge in [-0.05, 0) is 24.3 Å². The highest BCUT2D eigenvalue weighted by atomic mass is 35.5. The molecule has 0 spiro atoms. The van der Waals surface area contributed by atoms with Crippen LogP contribution in [0.5, 0.6) is 0 Å². The van der Waals surface area contributed by atoms with Gasteiger partial charge >= 0.3 is 0 Å². The maximum absolute atomic E-state index is 12.7. The van der Waals surface area contributed by atoms with Crippen LogP contribution in [-0.2, 0) is 16.8 Å². The number of hydrogen-bond donors (Lipinski definition) is 1. The maximum Gasteiger partial charge on any atom is 0.244 e. The number of nitrogens with one attached hydrogen (secondary N) is 1. The number of carbonyl (C=O) groups is 1. The van der Waals surface area contributed by atoms with Crippen molar-refractivity contribution in [1.29, 1.82) is 0 Å². The molecule has 4 nitrogen and oxygen atoms in total. The smallest absolute Gasteiger partial charge is 0.244 e. The molecule has 1 aromatic heterocycles. The highest BCUT2D eigenvalue weighted by Crippen LogP contribution is 2.32. The second-order valence-corrected chi connectivity index (χ2v) is 8.28. The number of rotatable bonds is 3. The predicted octanol–water partition coefficient (Wildman–Crippen LogP) is 5.93. The van der Waals surface area contributed by atoms with E-state index in [1.807, 2.05) is 28.8 Å². The van der Waals surface area contributed by atoms with Gasteiger partial charge in [-0.15, -0.1) is 0 Å². The van der Waals surface area contributed by atoms with Crippen molar-refractivity contribution in [2.45, 2.75) is 32.7 Å². The zero-order valence-corrected chi connectivity index (χ0v) is 16.9. The molecule has 0 aliphatic rings. The van der Waals surface area contributed by atoms with Crippen molar-refractivity contribution in [2.24, 2.45) is 0 Å². The summed E-state index contributed by atoms with van der Waals surface area (Å²) in [6.07, 6.45) is 0. The van der Waals surface area contributed by atoms with Crippen molar-refractivity contribution in [1.82, 2.24) is 9.55 Å². The summed E-state index contributed by atoms with van der Waals surface area (Å²) in [6, 6.07) is 10.8. The second-order valence-electron chi connectivity index (χ2n) is 7.05. The van der Waals surface area contributed by atoms with Gasteiger partial charge in [-0.25, -0.2) is 4.98 Å². The first-order valence-electron chi connectivity index (χ1n) is 8.07. The van der Waals surface area contributed by atoms with Crippen LogP contribution in [0.1, 0.15) is 26.6 Å². The quantitative estimate of drug-likeness (QED) is 0.544. The third-order valence-electron chi connectivity index (χ3n) is 3.91. The molecule has 0 aliphatic heterocycles. The van der Waals surface area contributed by atoms with Crippen LogP contribution in [0.4, 0.5) is 5.69 Å². The standard InChI is InChI=1S/C19H18Cl3N3O/c1-19(2,3)18-24-14-6-4-5-7-16(14)25(18)10-17(26)23-15-9-12(21)11(20)8-13(15)22/h4-9H,10H2,1-3H3,(H,23,26). The molecule has 0 atom stereocenters. The number of para-hydroxylation sites is 2. The second kappa shape index (κ2) is 7.10. The zero-order valence-electron chi connectivity index (χ0n) is 14.6. The molecule has 136 valence electrons. The Morgan fingerprint density at radius 1 is 1.08 bits per heavy atom. The van der Waals surface area contributed by atoms with Gasteiger partial charge in [0, 0.05) is 5.41 Å². The van der Waals surface area contributed by atoms with Crippen molar-refractivity contribution in [3.63, 3.8) is 0 Å². The molecule has 0 unspecified atom stereocenters. The van der Waals surface area contributed by atoms with Crippen LogP contribution in [0.25, 0.3) is 11.0 Å². The lowest BCUT2D eigenvalue weighted by molar-refractivity contribution is -0.116. The predicted molar refractivity (Wildman–Crippen MR) is 109 cm³/mol. The van der Waals surface area contributed by atoms with Crippen LogP contribution >= 0.6 is 34.8 Å². The molecular formula is C19H18Cl3N3O. The van der Waals surface area contributed by atoms with E-state index in [2.05, 4.69) is 26.1 Å². The van der Waals surface area contributed by atoms with E-state index in [0.717, 1.165) is 16.9 Å². The SMILES string of the molecule is CC(C)(C)c1nc2ccccc2n1CC(=O)Nc1cc(Cl)c(Cl)cc1Cl. The van der Waals surface area contributed by atoms with Crippen LogP contribution in [0, 0.1) is 0 Å². The van der Waals surface area contributed by atoms with Gasteiger partial charge in [-0.2, -0.15) is 0 Å². The van der Waals surface area contributed by atoms with Crippen LogP contribution in [0.15, 0.2) is 36.4 Å². The zero-order chi connectivity index (χ0) is 19.1. The average Bonchev–Trinajstić information content (AvgIpc) is 2.91. The normalized spacial score (nSPS) is 11.8. The minimum atomic E-state index is -0.223. The molecule has 0 radical (unpaired) electrons. The number of benzene rings is 2. The highest BCUT2D eigenvalue weighted by molar-refractivity contribution is 6.44. The number of hydrogen-bond acceptors (Lipinski definition) is 2. The largest absolute Gasteiger partial charge is 0.323 e. The Morgan fingerprint density at radius 2 is 1.73 bits per heavy atom. The van der Waals surface area contributed by atoms with E-state index in [0.29, 0.717) is 20.8 Å². The Morgan fingerprint density at radius 3 is 2.42 bits per heavy atom. The first-order chi connectivity index (χ1) is 12.2. The molecule has 7 heteroatoms. The number of imidazole rings is 1. The first-order valence-corrected chi connectivity index (χ1v) is 9.20. The van der Waals surface area contributed by atoms with Gasteiger partial charge in [0.2, 0.25) is 5.91 Å². The summed E-state index contributed by atoms with van der Waals surface area (Å²) in [7, 11) is 0. The summed E-state index contributed by atoms with van der Waals surface area (Å²) in [4.78, 5) is 17.4. The summed E-state index contributed by atoms with van der Waals surface area (Å²) < 4.78 is 1.93. The van der Waals surface area contributed by atoms with Crippen molar-refractivity contribution >= 4 is 57.4 Å². The number of aromatic nitrogens is 2. The van der Waals surface area contributed by atoms with E-state index in [1.165, 1.54) is 6.07 Å². The van der Waals surface area contributed by atoms with Gasteiger partial charge in [0.1, 0.15) is 12.4 Å². The van der Waals surface area contributed by atoms with Gasteiger partial charge in [-0.1, -0.05) is 67.7 Å². The lowest BCUT2D eigenvalue weighted by atomic mass is 9.95. The number of halogens is 3. The monoisotopic (exact) mass is 409 g/mol. The fourth-order valence-electron chi connectivity index (χ4n) is 2.76. The van der Waals surface area contributed by atoms with E-state index in [1.54, 1.807) is 6.07 Å². The molecule has 0 saturated heterocycles. The van der Waals surface area contributed by atoms with Crippen LogP contribution in [0.3, 0.4) is 0 Å². The molecular weight excluding hydrogens is 393 g/mol. The fourth-order valence-corrected chi connectivity index (χ4v) is 3.35. The van der Waals surface area contributed by atoms with Gasteiger partial charge in [0.05, 0.1) is 31.8 Å². The molecule has 1 N–H and O–H groups in total. The lowest BCUT2D eigenvalue weighted by Crippen LogP contribution is -2.25. The van der Waals surface area contributed by atoms with Crippen molar-refractivity contribution in [3.8, 4) is 0 Å². The van der Waals surface area contributed by atoms with Crippen molar-refractivity contribution < 1.29 is 4.79 Å². The molecule has 0 saturated carbocycles. The topological polar surface area (TPSA) is 46.9 Å². The van der Waals surface area contributed by atoms with E-state index in [4.69, 9.17) is 39.8 Å². The van der Waals surface area contributed by atoms with Crippen LogP contribution < -0.4 is 5.32 Å². The number of amides is 1. The van der Waals surface area contributed by atoms with Crippen LogP contribution in [0.2, 0.25) is 15.1 Å². The van der Waals surface area contributed by atoms with E-state index < -0.39 is 0 Å². The van der Waals surface area contributed by atoms with Gasteiger partial charge in [0.15, 0.2) is 0 Å². The summed E-state index contributed by atoms with van der Waals surface area (Å²) in [6.45, 7) is 6.32. The van der Waals surface area contributed by atoms with Crippen molar-refractivity contribution in [3.05, 3.63) is 57.3 Å². The summed E-state index contributed by atoms with van der Waals surface area (Å²) in [5.74, 6) is 0.619. The summed E-state index contributed by atoms with van der Waals surface area (Å²) >= 11 is 18.1. The Labute approximate surface area is 167 Å². The van der Waals surface area contributed by atoms with Crippen LogP contribution in [-0.4, -0.2) is 15.5 Å². The molecule has 0 aliphatic carbocycles. The van der Waals surface area contributed by atoms with Gasteiger partial charge < -0.3 is 9.88 Å². The molecule has 26 heavy (non-hydrogen) atoms. The Hall–Kier alpha value is -1.75. The lowest BCUT2D eigenvalue weighted by Gasteiger charge is -2.20. The molecule has 3 rings (SSSR count). The molecule has 1 heterocycles. The van der Waals surface area contributed by atoms with E-state index in [9.17, 15) is 4.79 Å². The van der Waals surface area contributed by atoms with Gasteiger partial charge in [0.25, 0.3) is 0 Å². The number of anilines is 1. The number of nitrogens with zero attached hydrogens (tertiary/aromatic N) is 2. The minimum Gasteiger partial charge on any atom is -0.323 e. The fraction of sp³-hybridized carbons (Fsp3) is 0.263. The third-order valence-corrected chi connectivity index (χ3v) is 4.95.